The molecule has 0 amide bonds. The third-order valence-electron chi connectivity index (χ3n) is 2.59. The Morgan fingerprint density at radius 2 is 2.06 bits per heavy atom. The van der Waals surface area contributed by atoms with Gasteiger partial charge in [0.1, 0.15) is 0 Å². The maximum Gasteiger partial charge on any atom is 0.232 e. The zero-order valence-electron chi connectivity index (χ0n) is 11.1. The monoisotopic (exact) mass is 271 g/mol. The normalized spacial score (nSPS) is 11.3. The third kappa shape index (κ3) is 3.61. The molecule has 0 saturated carbocycles. The highest BCUT2D eigenvalue weighted by Crippen LogP contribution is 2.25. The summed E-state index contributed by atoms with van der Waals surface area (Å²) in [6.45, 7) is 5.25. The van der Waals surface area contributed by atoms with Crippen molar-refractivity contribution in [2.75, 3.05) is 35.5 Å². The fourth-order valence-corrected chi connectivity index (χ4v) is 2.77. The van der Waals surface area contributed by atoms with Crippen LogP contribution in [0.5, 0.6) is 0 Å². The zero-order valence-corrected chi connectivity index (χ0v) is 11.9. The van der Waals surface area contributed by atoms with E-state index in [1.807, 2.05) is 32.0 Å². The molecular weight excluding hydrogens is 250 g/mol. The molecule has 5 nitrogen and oxygen atoms in total. The van der Waals surface area contributed by atoms with Gasteiger partial charge in [0.25, 0.3) is 0 Å². The average molecular weight is 271 g/mol. The molecule has 1 aromatic rings. The van der Waals surface area contributed by atoms with Crippen LogP contribution in [0.4, 0.5) is 11.4 Å². The van der Waals surface area contributed by atoms with Crippen LogP contribution in [-0.2, 0) is 10.0 Å². The predicted molar refractivity (Wildman–Crippen MR) is 76.6 cm³/mol. The quantitative estimate of drug-likeness (QED) is 0.814. The first kappa shape index (κ1) is 14.8. The number of sulfonamides is 1. The largest absolute Gasteiger partial charge is 0.385 e. The van der Waals surface area contributed by atoms with Gasteiger partial charge >= 0.3 is 0 Å². The number of nitrogens with two attached hydrogens (primary N) is 1. The lowest BCUT2D eigenvalue weighted by Crippen LogP contribution is -2.35. The Morgan fingerprint density at radius 1 is 1.39 bits per heavy atom. The van der Waals surface area contributed by atoms with Crippen LogP contribution in [0.1, 0.15) is 12.5 Å². The number of hydrogen-bond donors (Lipinski definition) is 2. The maximum atomic E-state index is 11.8. The van der Waals surface area contributed by atoms with Gasteiger partial charge < -0.3 is 11.1 Å². The van der Waals surface area contributed by atoms with Gasteiger partial charge in [0.2, 0.25) is 10.0 Å². The van der Waals surface area contributed by atoms with E-state index in [9.17, 15) is 8.42 Å². The molecule has 0 spiro atoms. The fraction of sp³-hybridized carbons (Fsp3) is 0.500. The zero-order chi connectivity index (χ0) is 13.8. The first-order valence-corrected chi connectivity index (χ1v) is 7.77. The molecule has 1 rings (SSSR count). The van der Waals surface area contributed by atoms with Gasteiger partial charge in [0, 0.05) is 25.3 Å². The van der Waals surface area contributed by atoms with E-state index in [2.05, 4.69) is 5.32 Å². The van der Waals surface area contributed by atoms with E-state index in [0.29, 0.717) is 5.69 Å². The van der Waals surface area contributed by atoms with Crippen molar-refractivity contribution in [2.24, 2.45) is 5.73 Å². The van der Waals surface area contributed by atoms with Crippen molar-refractivity contribution in [3.8, 4) is 0 Å². The number of aryl methyl sites for hydroxylation is 1. The molecule has 0 aliphatic rings. The van der Waals surface area contributed by atoms with Gasteiger partial charge in [-0.15, -0.1) is 0 Å². The van der Waals surface area contributed by atoms with Crippen LogP contribution in [0.2, 0.25) is 0 Å². The molecule has 0 aliphatic carbocycles. The van der Waals surface area contributed by atoms with Crippen LogP contribution in [0.3, 0.4) is 0 Å². The van der Waals surface area contributed by atoms with E-state index < -0.39 is 10.0 Å². The van der Waals surface area contributed by atoms with Crippen LogP contribution in [0.25, 0.3) is 0 Å². The minimum Gasteiger partial charge on any atom is -0.385 e. The van der Waals surface area contributed by atoms with Gasteiger partial charge in [-0.1, -0.05) is 6.07 Å². The Bertz CT molecular complexity index is 500. The molecule has 0 atom stereocenters. The highest BCUT2D eigenvalue weighted by Gasteiger charge is 2.18. The summed E-state index contributed by atoms with van der Waals surface area (Å²) in [5.41, 5.74) is 7.99. The van der Waals surface area contributed by atoms with Crippen molar-refractivity contribution in [1.82, 2.24) is 0 Å². The summed E-state index contributed by atoms with van der Waals surface area (Å²) < 4.78 is 24.9. The highest BCUT2D eigenvalue weighted by atomic mass is 32.2. The van der Waals surface area contributed by atoms with E-state index >= 15 is 0 Å². The van der Waals surface area contributed by atoms with E-state index in [1.54, 1.807) is 0 Å². The molecular formula is C12H21N3O2S. The number of nitrogens with zero attached hydrogens (tertiary/aromatic N) is 1. The van der Waals surface area contributed by atoms with Crippen molar-refractivity contribution in [3.05, 3.63) is 23.8 Å². The SMILES string of the molecule is CCNc1ccc(C)c(N(CCN)S(C)(=O)=O)c1. The topological polar surface area (TPSA) is 75.4 Å². The van der Waals surface area contributed by atoms with E-state index in [1.165, 1.54) is 10.6 Å². The van der Waals surface area contributed by atoms with Crippen LogP contribution in [0.15, 0.2) is 18.2 Å². The van der Waals surface area contributed by atoms with Crippen molar-refractivity contribution >= 4 is 21.4 Å². The molecule has 0 unspecified atom stereocenters. The van der Waals surface area contributed by atoms with Crippen molar-refractivity contribution in [3.63, 3.8) is 0 Å². The lowest BCUT2D eigenvalue weighted by Gasteiger charge is -2.24. The highest BCUT2D eigenvalue weighted by molar-refractivity contribution is 7.92. The second kappa shape index (κ2) is 6.06. The fourth-order valence-electron chi connectivity index (χ4n) is 1.77. The lowest BCUT2D eigenvalue weighted by molar-refractivity contribution is 0.596. The Balaban J connectivity index is 3.22. The van der Waals surface area contributed by atoms with Crippen molar-refractivity contribution in [1.29, 1.82) is 0 Å². The third-order valence-corrected chi connectivity index (χ3v) is 3.77. The second-order valence-corrected chi connectivity index (χ2v) is 6.06. The average Bonchev–Trinajstić information content (AvgIpc) is 2.28. The van der Waals surface area contributed by atoms with Crippen molar-refractivity contribution < 1.29 is 8.42 Å². The van der Waals surface area contributed by atoms with Gasteiger partial charge in [-0.05, 0) is 31.5 Å². The van der Waals surface area contributed by atoms with Gasteiger partial charge in [-0.25, -0.2) is 8.42 Å². The molecule has 0 heterocycles. The summed E-state index contributed by atoms with van der Waals surface area (Å²) in [6.07, 6.45) is 1.20. The Labute approximate surface area is 109 Å². The molecule has 0 aromatic heterocycles. The van der Waals surface area contributed by atoms with Gasteiger partial charge in [-0.2, -0.15) is 0 Å². The smallest absolute Gasteiger partial charge is 0.232 e. The maximum absolute atomic E-state index is 11.8. The minimum atomic E-state index is -3.31. The van der Waals surface area contributed by atoms with E-state index in [4.69, 9.17) is 5.73 Å². The molecule has 1 aromatic carbocycles. The first-order valence-electron chi connectivity index (χ1n) is 5.92. The lowest BCUT2D eigenvalue weighted by atomic mass is 10.1. The van der Waals surface area contributed by atoms with Gasteiger partial charge in [0.15, 0.2) is 0 Å². The molecule has 3 N–H and O–H groups in total. The number of rotatable bonds is 6. The van der Waals surface area contributed by atoms with Crippen LogP contribution >= 0.6 is 0 Å². The molecule has 0 saturated heterocycles. The Hall–Kier alpha value is -1.27. The number of anilines is 2. The Morgan fingerprint density at radius 3 is 2.56 bits per heavy atom. The number of hydrogen-bond acceptors (Lipinski definition) is 4. The molecule has 102 valence electrons. The summed E-state index contributed by atoms with van der Waals surface area (Å²) in [5, 5.41) is 3.17. The molecule has 0 fully saturated rings. The van der Waals surface area contributed by atoms with Crippen LogP contribution in [-0.4, -0.2) is 34.3 Å². The Kier molecular flexibility index (Phi) is 4.98. The molecule has 0 aliphatic heterocycles. The van der Waals surface area contributed by atoms with Crippen molar-refractivity contribution in [2.45, 2.75) is 13.8 Å². The van der Waals surface area contributed by atoms with E-state index in [-0.39, 0.29) is 13.1 Å². The summed E-state index contributed by atoms with van der Waals surface area (Å²) in [4.78, 5) is 0. The number of nitrogens with one attached hydrogen (secondary N) is 1. The first-order chi connectivity index (χ1) is 8.40. The predicted octanol–water partition coefficient (Wildman–Crippen LogP) is 1.15. The van der Waals surface area contributed by atoms with Crippen LogP contribution in [0, 0.1) is 6.92 Å². The second-order valence-electron chi connectivity index (χ2n) is 4.16. The number of benzene rings is 1. The molecule has 6 heteroatoms. The molecule has 0 radical (unpaired) electrons. The minimum absolute atomic E-state index is 0.287. The summed E-state index contributed by atoms with van der Waals surface area (Å²) in [5.74, 6) is 0. The van der Waals surface area contributed by atoms with Gasteiger partial charge in [0.05, 0.1) is 11.9 Å². The molecule has 18 heavy (non-hydrogen) atoms. The van der Waals surface area contributed by atoms with E-state index in [0.717, 1.165) is 17.8 Å². The summed E-state index contributed by atoms with van der Waals surface area (Å²) in [6, 6.07) is 5.68. The summed E-state index contributed by atoms with van der Waals surface area (Å²) >= 11 is 0. The van der Waals surface area contributed by atoms with Gasteiger partial charge in [-0.3, -0.25) is 4.31 Å². The molecule has 0 bridgehead atoms. The summed E-state index contributed by atoms with van der Waals surface area (Å²) in [7, 11) is -3.31. The standard InChI is InChI=1S/C12H21N3O2S/c1-4-14-11-6-5-10(2)12(9-11)15(8-7-13)18(3,16)17/h5-6,9,14H,4,7-8,13H2,1-3H3. The van der Waals surface area contributed by atoms with Crippen LogP contribution < -0.4 is 15.4 Å².